The maximum Gasteiger partial charge on any atom is 0.239 e. The minimum atomic E-state index is -0.839. The molecule has 0 aromatic heterocycles. The average molecular weight is 246 g/mol. The van der Waals surface area contributed by atoms with Crippen LogP contribution in [-0.4, -0.2) is 43.4 Å². The van der Waals surface area contributed by atoms with Gasteiger partial charge in [0.1, 0.15) is 5.54 Å². The number of hydrogen-bond donors (Lipinski definition) is 2. The SMILES string of the molecule is CCOCC(C)OCC(C)(NC(C)C)C(N)=O. The predicted molar refractivity (Wildman–Crippen MR) is 67.8 cm³/mol. The second-order valence-corrected chi connectivity index (χ2v) is 4.78. The molecule has 0 fully saturated rings. The molecule has 1 amide bonds. The molecule has 0 aliphatic rings. The van der Waals surface area contributed by atoms with E-state index in [1.54, 1.807) is 6.92 Å². The number of carbonyl (C=O) groups excluding carboxylic acids is 1. The molecule has 2 unspecified atom stereocenters. The van der Waals surface area contributed by atoms with Gasteiger partial charge in [-0.1, -0.05) is 0 Å². The van der Waals surface area contributed by atoms with Crippen LogP contribution in [0.3, 0.4) is 0 Å². The minimum Gasteiger partial charge on any atom is -0.379 e. The van der Waals surface area contributed by atoms with Crippen LogP contribution in [0.25, 0.3) is 0 Å². The summed E-state index contributed by atoms with van der Waals surface area (Å²) in [7, 11) is 0. The normalized spacial score (nSPS) is 16.8. The monoisotopic (exact) mass is 246 g/mol. The second-order valence-electron chi connectivity index (χ2n) is 4.78. The van der Waals surface area contributed by atoms with E-state index in [1.807, 2.05) is 27.7 Å². The highest BCUT2D eigenvalue weighted by Gasteiger charge is 2.32. The molecule has 102 valence electrons. The van der Waals surface area contributed by atoms with Gasteiger partial charge in [0.15, 0.2) is 0 Å². The summed E-state index contributed by atoms with van der Waals surface area (Å²) in [6.07, 6.45) is -0.0532. The Labute approximate surface area is 104 Å². The van der Waals surface area contributed by atoms with E-state index in [0.29, 0.717) is 13.2 Å². The van der Waals surface area contributed by atoms with Gasteiger partial charge in [-0.3, -0.25) is 10.1 Å². The van der Waals surface area contributed by atoms with Crippen molar-refractivity contribution >= 4 is 5.91 Å². The Morgan fingerprint density at radius 2 is 2.00 bits per heavy atom. The zero-order valence-electron chi connectivity index (χ0n) is 11.6. The van der Waals surface area contributed by atoms with Crippen LogP contribution in [-0.2, 0) is 14.3 Å². The first-order chi connectivity index (χ1) is 7.81. The van der Waals surface area contributed by atoms with Gasteiger partial charge in [0.05, 0.1) is 19.3 Å². The lowest BCUT2D eigenvalue weighted by Gasteiger charge is -2.30. The molecule has 0 bridgehead atoms. The summed E-state index contributed by atoms with van der Waals surface area (Å²) >= 11 is 0. The topological polar surface area (TPSA) is 73.6 Å². The Morgan fingerprint density at radius 3 is 2.41 bits per heavy atom. The van der Waals surface area contributed by atoms with Crippen molar-refractivity contribution in [1.82, 2.24) is 5.32 Å². The lowest BCUT2D eigenvalue weighted by atomic mass is 10.0. The molecule has 0 aromatic carbocycles. The molecule has 0 rings (SSSR count). The van der Waals surface area contributed by atoms with E-state index in [9.17, 15) is 4.79 Å². The number of amides is 1. The Bertz CT molecular complexity index is 234. The van der Waals surface area contributed by atoms with Crippen molar-refractivity contribution < 1.29 is 14.3 Å². The number of ether oxygens (including phenoxy) is 2. The number of nitrogens with two attached hydrogens (primary N) is 1. The van der Waals surface area contributed by atoms with Crippen LogP contribution >= 0.6 is 0 Å². The third kappa shape index (κ3) is 6.61. The fourth-order valence-electron chi connectivity index (χ4n) is 1.46. The first-order valence-corrected chi connectivity index (χ1v) is 6.08. The van der Waals surface area contributed by atoms with Gasteiger partial charge in [-0.25, -0.2) is 0 Å². The van der Waals surface area contributed by atoms with Crippen LogP contribution in [0.1, 0.15) is 34.6 Å². The summed E-state index contributed by atoms with van der Waals surface area (Å²) in [6, 6.07) is 0.165. The van der Waals surface area contributed by atoms with Gasteiger partial charge in [0, 0.05) is 12.6 Å². The van der Waals surface area contributed by atoms with E-state index in [-0.39, 0.29) is 18.8 Å². The summed E-state index contributed by atoms with van der Waals surface area (Å²) < 4.78 is 10.8. The largest absolute Gasteiger partial charge is 0.379 e. The van der Waals surface area contributed by atoms with Crippen molar-refractivity contribution in [3.63, 3.8) is 0 Å². The Balaban J connectivity index is 4.22. The molecule has 0 aliphatic heterocycles. The van der Waals surface area contributed by atoms with Gasteiger partial charge in [-0.15, -0.1) is 0 Å². The van der Waals surface area contributed by atoms with Gasteiger partial charge in [0.2, 0.25) is 5.91 Å². The van der Waals surface area contributed by atoms with Crippen LogP contribution < -0.4 is 11.1 Å². The van der Waals surface area contributed by atoms with E-state index < -0.39 is 11.4 Å². The first-order valence-electron chi connectivity index (χ1n) is 6.08. The zero-order valence-corrected chi connectivity index (χ0v) is 11.6. The van der Waals surface area contributed by atoms with Crippen LogP contribution in [0, 0.1) is 0 Å². The molecule has 0 spiro atoms. The lowest BCUT2D eigenvalue weighted by Crippen LogP contribution is -2.58. The Kier molecular flexibility index (Phi) is 7.34. The number of hydrogen-bond acceptors (Lipinski definition) is 4. The summed E-state index contributed by atoms with van der Waals surface area (Å²) in [4.78, 5) is 11.4. The number of nitrogens with one attached hydrogen (secondary N) is 1. The van der Waals surface area contributed by atoms with Gasteiger partial charge in [-0.05, 0) is 34.6 Å². The third-order valence-corrected chi connectivity index (χ3v) is 2.36. The van der Waals surface area contributed by atoms with Gasteiger partial charge < -0.3 is 15.2 Å². The molecule has 5 nitrogen and oxygen atoms in total. The molecule has 0 radical (unpaired) electrons. The fraction of sp³-hybridized carbons (Fsp3) is 0.917. The van der Waals surface area contributed by atoms with Crippen LogP contribution in [0.5, 0.6) is 0 Å². The molecule has 0 aliphatic carbocycles. The van der Waals surface area contributed by atoms with Crippen molar-refractivity contribution in [3.05, 3.63) is 0 Å². The standard InChI is InChI=1S/C12H26N2O3/c1-6-16-7-10(4)17-8-12(5,11(13)15)14-9(2)3/h9-10,14H,6-8H2,1-5H3,(H2,13,15). The summed E-state index contributed by atoms with van der Waals surface area (Å²) in [5.41, 5.74) is 4.55. The zero-order chi connectivity index (χ0) is 13.5. The maximum atomic E-state index is 11.4. The lowest BCUT2D eigenvalue weighted by molar-refractivity contribution is -0.128. The van der Waals surface area contributed by atoms with E-state index in [2.05, 4.69) is 5.32 Å². The van der Waals surface area contributed by atoms with Gasteiger partial charge in [0.25, 0.3) is 0 Å². The van der Waals surface area contributed by atoms with Crippen molar-refractivity contribution in [3.8, 4) is 0 Å². The van der Waals surface area contributed by atoms with E-state index >= 15 is 0 Å². The molecule has 17 heavy (non-hydrogen) atoms. The van der Waals surface area contributed by atoms with Crippen molar-refractivity contribution in [1.29, 1.82) is 0 Å². The molecule has 0 heterocycles. The van der Waals surface area contributed by atoms with Crippen molar-refractivity contribution in [2.45, 2.75) is 52.3 Å². The van der Waals surface area contributed by atoms with Crippen molar-refractivity contribution in [2.75, 3.05) is 19.8 Å². The number of primary amides is 1. The minimum absolute atomic E-state index is 0.0532. The fourth-order valence-corrected chi connectivity index (χ4v) is 1.46. The van der Waals surface area contributed by atoms with Crippen LogP contribution in [0.2, 0.25) is 0 Å². The van der Waals surface area contributed by atoms with Gasteiger partial charge in [-0.2, -0.15) is 0 Å². The molecule has 0 aromatic rings. The second kappa shape index (κ2) is 7.63. The number of rotatable bonds is 9. The maximum absolute atomic E-state index is 11.4. The molecule has 5 heteroatoms. The quantitative estimate of drug-likeness (QED) is 0.627. The predicted octanol–water partition coefficient (Wildman–Crippen LogP) is 0.670. The van der Waals surface area contributed by atoms with Crippen molar-refractivity contribution in [2.24, 2.45) is 5.73 Å². The van der Waals surface area contributed by atoms with E-state index in [0.717, 1.165) is 0 Å². The molecule has 0 saturated carbocycles. The summed E-state index contributed by atoms with van der Waals surface area (Å²) in [6.45, 7) is 10.9. The highest BCUT2D eigenvalue weighted by atomic mass is 16.5. The highest BCUT2D eigenvalue weighted by Crippen LogP contribution is 2.07. The van der Waals surface area contributed by atoms with Gasteiger partial charge >= 0.3 is 0 Å². The number of carbonyl (C=O) groups is 1. The summed E-state index contributed by atoms with van der Waals surface area (Å²) in [5, 5.41) is 3.13. The van der Waals surface area contributed by atoms with Crippen LogP contribution in [0.15, 0.2) is 0 Å². The average Bonchev–Trinajstić information content (AvgIpc) is 2.22. The summed E-state index contributed by atoms with van der Waals surface area (Å²) in [5.74, 6) is -0.408. The smallest absolute Gasteiger partial charge is 0.239 e. The third-order valence-electron chi connectivity index (χ3n) is 2.36. The Morgan fingerprint density at radius 1 is 1.41 bits per heavy atom. The first kappa shape index (κ1) is 16.4. The van der Waals surface area contributed by atoms with Crippen LogP contribution in [0.4, 0.5) is 0 Å². The highest BCUT2D eigenvalue weighted by molar-refractivity contribution is 5.84. The Hall–Kier alpha value is -0.650. The molecule has 0 saturated heterocycles. The molecule has 3 N–H and O–H groups in total. The van der Waals surface area contributed by atoms with E-state index in [1.165, 1.54) is 0 Å². The van der Waals surface area contributed by atoms with E-state index in [4.69, 9.17) is 15.2 Å². The molecular weight excluding hydrogens is 220 g/mol. The molecule has 2 atom stereocenters. The molecular formula is C12H26N2O3.